The second kappa shape index (κ2) is 6.99. The monoisotopic (exact) mass is 391 g/mol. The Balaban J connectivity index is 2.18. The molecular formula is C12H13N3O4S4. The van der Waals surface area contributed by atoms with E-state index in [2.05, 4.69) is 21.5 Å². The Hall–Kier alpha value is -1.43. The summed E-state index contributed by atoms with van der Waals surface area (Å²) in [7, 11) is -7.22. The molecule has 0 atom stereocenters. The van der Waals surface area contributed by atoms with E-state index in [4.69, 9.17) is 0 Å². The van der Waals surface area contributed by atoms with Gasteiger partial charge in [-0.15, -0.1) is 16.8 Å². The van der Waals surface area contributed by atoms with Crippen molar-refractivity contribution in [2.75, 3.05) is 16.7 Å². The molecule has 7 nitrogen and oxygen atoms in total. The molecule has 1 aromatic heterocycles. The van der Waals surface area contributed by atoms with E-state index in [1.54, 1.807) is 6.08 Å². The van der Waals surface area contributed by atoms with Crippen LogP contribution in [0.1, 0.15) is 0 Å². The molecule has 124 valence electrons. The molecule has 0 aliphatic carbocycles. The van der Waals surface area contributed by atoms with E-state index in [9.17, 15) is 16.8 Å². The molecule has 0 radical (unpaired) electrons. The summed E-state index contributed by atoms with van der Waals surface area (Å²) >= 11 is 2.50. The highest BCUT2D eigenvalue weighted by atomic mass is 32.2. The van der Waals surface area contributed by atoms with E-state index < -0.39 is 19.9 Å². The van der Waals surface area contributed by atoms with Crippen molar-refractivity contribution in [2.24, 2.45) is 0 Å². The Labute approximate surface area is 142 Å². The quantitative estimate of drug-likeness (QED) is 0.568. The predicted molar refractivity (Wildman–Crippen MR) is 91.2 cm³/mol. The maximum Gasteiger partial charge on any atom is 0.263 e. The van der Waals surface area contributed by atoms with Crippen LogP contribution in [0.25, 0.3) is 0 Å². The number of hydrogen-bond donors (Lipinski definition) is 1. The molecule has 0 fully saturated rings. The van der Waals surface area contributed by atoms with Crippen molar-refractivity contribution in [3.8, 4) is 0 Å². The molecule has 0 aliphatic rings. The SMILES string of the molecule is C=CCSc1nnc(NS(=O)(=O)c2ccc(S(C)(=O)=O)cc2)s1. The van der Waals surface area contributed by atoms with E-state index in [0.717, 1.165) is 17.6 Å². The number of rotatable bonds is 7. The highest BCUT2D eigenvalue weighted by Gasteiger charge is 2.18. The fourth-order valence-electron chi connectivity index (χ4n) is 1.48. The van der Waals surface area contributed by atoms with Crippen LogP contribution in [0.5, 0.6) is 0 Å². The molecular weight excluding hydrogens is 378 g/mol. The van der Waals surface area contributed by atoms with Gasteiger partial charge in [0, 0.05) is 12.0 Å². The lowest BCUT2D eigenvalue weighted by Crippen LogP contribution is -2.13. The van der Waals surface area contributed by atoms with Crippen LogP contribution in [-0.2, 0) is 19.9 Å². The number of sulfonamides is 1. The van der Waals surface area contributed by atoms with Crippen molar-refractivity contribution in [3.05, 3.63) is 36.9 Å². The maximum absolute atomic E-state index is 12.2. The minimum Gasteiger partial charge on any atom is -0.253 e. The van der Waals surface area contributed by atoms with Gasteiger partial charge in [-0.25, -0.2) is 16.8 Å². The highest BCUT2D eigenvalue weighted by molar-refractivity contribution is 8.01. The molecule has 0 aliphatic heterocycles. The molecule has 0 unspecified atom stereocenters. The van der Waals surface area contributed by atoms with Crippen LogP contribution in [0.4, 0.5) is 5.13 Å². The normalized spacial score (nSPS) is 12.0. The van der Waals surface area contributed by atoms with Crippen LogP contribution >= 0.6 is 23.1 Å². The van der Waals surface area contributed by atoms with Gasteiger partial charge in [0.25, 0.3) is 10.0 Å². The number of thioether (sulfide) groups is 1. The van der Waals surface area contributed by atoms with Crippen molar-refractivity contribution >= 4 is 48.1 Å². The third-order valence-corrected chi connectivity index (χ3v) is 7.10. The first-order valence-electron chi connectivity index (χ1n) is 6.12. The van der Waals surface area contributed by atoms with Gasteiger partial charge in [0.2, 0.25) is 5.13 Å². The molecule has 1 N–H and O–H groups in total. The van der Waals surface area contributed by atoms with Crippen molar-refractivity contribution in [2.45, 2.75) is 14.1 Å². The number of sulfone groups is 1. The summed E-state index contributed by atoms with van der Waals surface area (Å²) in [5, 5.41) is 7.76. The summed E-state index contributed by atoms with van der Waals surface area (Å²) in [4.78, 5) is -0.00382. The number of anilines is 1. The molecule has 2 aromatic rings. The molecule has 0 spiro atoms. The van der Waals surface area contributed by atoms with E-state index >= 15 is 0 Å². The van der Waals surface area contributed by atoms with E-state index in [1.165, 1.54) is 36.0 Å². The van der Waals surface area contributed by atoms with Crippen LogP contribution < -0.4 is 4.72 Å². The summed E-state index contributed by atoms with van der Waals surface area (Å²) in [6.45, 7) is 3.59. The van der Waals surface area contributed by atoms with Crippen LogP contribution in [0.15, 0.2) is 51.1 Å². The molecule has 11 heteroatoms. The van der Waals surface area contributed by atoms with E-state index in [1.807, 2.05) is 0 Å². The van der Waals surface area contributed by atoms with Gasteiger partial charge in [-0.2, -0.15) is 0 Å². The zero-order chi connectivity index (χ0) is 17.1. The molecule has 0 bridgehead atoms. The molecule has 23 heavy (non-hydrogen) atoms. The van der Waals surface area contributed by atoms with Crippen molar-refractivity contribution in [3.63, 3.8) is 0 Å². The standard InChI is InChI=1S/C12H13N3O4S4/c1-3-8-20-12-14-13-11(21-12)15-23(18,19)10-6-4-9(5-7-10)22(2,16)17/h3-7H,1,8H2,2H3,(H,13,15). The molecule has 1 aromatic carbocycles. The first-order chi connectivity index (χ1) is 10.7. The summed E-state index contributed by atoms with van der Waals surface area (Å²) in [6.07, 6.45) is 2.76. The van der Waals surface area contributed by atoms with Crippen LogP contribution in [0.3, 0.4) is 0 Å². The van der Waals surface area contributed by atoms with Crippen molar-refractivity contribution in [1.82, 2.24) is 10.2 Å². The second-order valence-electron chi connectivity index (χ2n) is 4.32. The average Bonchev–Trinajstić information content (AvgIpc) is 2.91. The summed E-state index contributed by atoms with van der Waals surface area (Å²) in [5.41, 5.74) is 0. The first-order valence-corrected chi connectivity index (χ1v) is 11.3. The van der Waals surface area contributed by atoms with Gasteiger partial charge in [0.05, 0.1) is 9.79 Å². The fourth-order valence-corrected chi connectivity index (χ4v) is 4.85. The van der Waals surface area contributed by atoms with Gasteiger partial charge >= 0.3 is 0 Å². The lowest BCUT2D eigenvalue weighted by atomic mass is 10.4. The molecule has 1 heterocycles. The largest absolute Gasteiger partial charge is 0.263 e. The fraction of sp³-hybridized carbons (Fsp3) is 0.167. The van der Waals surface area contributed by atoms with E-state index in [-0.39, 0.29) is 14.9 Å². The van der Waals surface area contributed by atoms with Crippen molar-refractivity contribution < 1.29 is 16.8 Å². The number of hydrogen-bond acceptors (Lipinski definition) is 8. The Morgan fingerprint density at radius 1 is 1.17 bits per heavy atom. The number of aromatic nitrogens is 2. The Kier molecular flexibility index (Phi) is 5.45. The maximum atomic E-state index is 12.2. The van der Waals surface area contributed by atoms with Gasteiger partial charge in [0.15, 0.2) is 14.2 Å². The number of benzene rings is 1. The number of nitrogens with zero attached hydrogens (tertiary/aromatic N) is 2. The molecule has 0 saturated carbocycles. The lowest BCUT2D eigenvalue weighted by Gasteiger charge is -2.05. The van der Waals surface area contributed by atoms with Gasteiger partial charge < -0.3 is 0 Å². The Morgan fingerprint density at radius 3 is 2.35 bits per heavy atom. The van der Waals surface area contributed by atoms with Crippen LogP contribution in [0, 0.1) is 0 Å². The summed E-state index contributed by atoms with van der Waals surface area (Å²) in [6, 6.07) is 4.95. The Morgan fingerprint density at radius 2 is 1.78 bits per heavy atom. The first kappa shape index (κ1) is 17.9. The minimum atomic E-state index is -3.85. The van der Waals surface area contributed by atoms with Gasteiger partial charge in [-0.05, 0) is 24.3 Å². The predicted octanol–water partition coefficient (Wildman–Crippen LogP) is 2.02. The lowest BCUT2D eigenvalue weighted by molar-refractivity contribution is 0.597. The topological polar surface area (TPSA) is 106 Å². The van der Waals surface area contributed by atoms with Crippen LogP contribution in [-0.4, -0.2) is 39.0 Å². The zero-order valence-electron chi connectivity index (χ0n) is 12.0. The average molecular weight is 392 g/mol. The summed E-state index contributed by atoms with van der Waals surface area (Å²) in [5.74, 6) is 0.647. The van der Waals surface area contributed by atoms with Gasteiger partial charge in [-0.3, -0.25) is 4.72 Å². The molecule has 0 amide bonds. The third-order valence-electron chi connectivity index (χ3n) is 2.51. The summed E-state index contributed by atoms with van der Waals surface area (Å²) < 4.78 is 50.2. The van der Waals surface area contributed by atoms with Gasteiger partial charge in [0.1, 0.15) is 0 Å². The number of nitrogens with one attached hydrogen (secondary N) is 1. The van der Waals surface area contributed by atoms with E-state index in [0.29, 0.717) is 10.1 Å². The highest BCUT2D eigenvalue weighted by Crippen LogP contribution is 2.27. The second-order valence-corrected chi connectivity index (χ2v) is 10.3. The third kappa shape index (κ3) is 4.77. The van der Waals surface area contributed by atoms with Crippen molar-refractivity contribution in [1.29, 1.82) is 0 Å². The zero-order valence-corrected chi connectivity index (χ0v) is 15.2. The molecule has 2 rings (SSSR count). The van der Waals surface area contributed by atoms with Crippen LogP contribution in [0.2, 0.25) is 0 Å². The molecule has 0 saturated heterocycles. The Bertz CT molecular complexity index is 902. The smallest absolute Gasteiger partial charge is 0.253 e. The minimum absolute atomic E-state index is 0.0514. The van der Waals surface area contributed by atoms with Gasteiger partial charge in [-0.1, -0.05) is 29.2 Å².